The molecule has 0 unspecified atom stereocenters. The van der Waals surface area contributed by atoms with Crippen molar-refractivity contribution in [2.24, 2.45) is 0 Å². The van der Waals surface area contributed by atoms with E-state index in [1.807, 2.05) is 5.38 Å². The summed E-state index contributed by atoms with van der Waals surface area (Å²) in [5.74, 6) is 0.354. The molecule has 21 heavy (non-hydrogen) atoms. The van der Waals surface area contributed by atoms with Gasteiger partial charge in [0, 0.05) is 11.3 Å². The van der Waals surface area contributed by atoms with Gasteiger partial charge in [0.05, 0.1) is 22.9 Å². The fraction of sp³-hybridized carbons (Fsp3) is 0.357. The van der Waals surface area contributed by atoms with Gasteiger partial charge >= 0.3 is 6.36 Å². The highest BCUT2D eigenvalue weighted by Gasteiger charge is 2.32. The quantitative estimate of drug-likeness (QED) is 0.880. The molecule has 0 atom stereocenters. The molecule has 0 amide bonds. The van der Waals surface area contributed by atoms with E-state index in [1.54, 1.807) is 23.5 Å². The van der Waals surface area contributed by atoms with E-state index in [9.17, 15) is 13.2 Å². The molecular formula is C14H13F3N2OS. The largest absolute Gasteiger partial charge is 0.573 e. The molecule has 112 valence electrons. The van der Waals surface area contributed by atoms with Crippen molar-refractivity contribution >= 4 is 17.0 Å². The van der Waals surface area contributed by atoms with E-state index < -0.39 is 6.36 Å². The van der Waals surface area contributed by atoms with Crippen molar-refractivity contribution in [3.05, 3.63) is 40.3 Å². The first-order valence-electron chi connectivity index (χ1n) is 6.54. The van der Waals surface area contributed by atoms with Crippen LogP contribution in [0.3, 0.4) is 0 Å². The zero-order valence-corrected chi connectivity index (χ0v) is 11.8. The maximum Gasteiger partial charge on any atom is 0.573 e. The van der Waals surface area contributed by atoms with Crippen molar-refractivity contribution in [1.29, 1.82) is 0 Å². The van der Waals surface area contributed by atoms with Crippen LogP contribution in [-0.2, 0) is 6.54 Å². The van der Waals surface area contributed by atoms with E-state index in [0.29, 0.717) is 18.2 Å². The van der Waals surface area contributed by atoms with Crippen molar-refractivity contribution < 1.29 is 17.9 Å². The number of aromatic nitrogens is 1. The first-order chi connectivity index (χ1) is 10.0. The molecule has 0 radical (unpaired) electrons. The summed E-state index contributed by atoms with van der Waals surface area (Å²) in [4.78, 5) is 4.48. The Labute approximate surface area is 123 Å². The molecule has 1 aromatic heterocycles. The van der Waals surface area contributed by atoms with E-state index in [-0.39, 0.29) is 5.75 Å². The van der Waals surface area contributed by atoms with E-state index in [4.69, 9.17) is 0 Å². The third kappa shape index (κ3) is 3.87. The van der Waals surface area contributed by atoms with E-state index in [2.05, 4.69) is 15.0 Å². The van der Waals surface area contributed by atoms with Crippen molar-refractivity contribution in [2.45, 2.75) is 31.7 Å². The van der Waals surface area contributed by atoms with Crippen LogP contribution in [0.2, 0.25) is 0 Å². The molecule has 0 spiro atoms. The van der Waals surface area contributed by atoms with Gasteiger partial charge in [-0.25, -0.2) is 4.98 Å². The number of rotatable bonds is 5. The second-order valence-corrected chi connectivity index (χ2v) is 5.74. The van der Waals surface area contributed by atoms with Crippen LogP contribution in [-0.4, -0.2) is 11.3 Å². The summed E-state index contributed by atoms with van der Waals surface area (Å²) >= 11 is 1.61. The van der Waals surface area contributed by atoms with Crippen LogP contribution in [0.4, 0.5) is 18.9 Å². The van der Waals surface area contributed by atoms with Crippen molar-refractivity contribution in [3.63, 3.8) is 0 Å². The van der Waals surface area contributed by atoms with Crippen molar-refractivity contribution in [2.75, 3.05) is 5.32 Å². The number of nitrogens with one attached hydrogen (secondary N) is 1. The van der Waals surface area contributed by atoms with E-state index in [1.165, 1.54) is 25.0 Å². The minimum Gasteiger partial charge on any atom is -0.404 e. The monoisotopic (exact) mass is 314 g/mol. The molecule has 1 N–H and O–H groups in total. The lowest BCUT2D eigenvalue weighted by Crippen LogP contribution is -2.18. The fourth-order valence-corrected chi connectivity index (χ4v) is 2.92. The van der Waals surface area contributed by atoms with Crippen LogP contribution in [0.1, 0.15) is 29.5 Å². The molecule has 3 nitrogen and oxygen atoms in total. The highest BCUT2D eigenvalue weighted by Crippen LogP contribution is 2.41. The van der Waals surface area contributed by atoms with Gasteiger partial charge in [0.15, 0.2) is 5.75 Å². The normalized spacial score (nSPS) is 15.0. The van der Waals surface area contributed by atoms with Crippen LogP contribution >= 0.6 is 11.3 Å². The first-order valence-corrected chi connectivity index (χ1v) is 7.42. The standard InChI is InChI=1S/C14H13F3N2OS/c15-14(16,17)20-12-4-2-1-3-11(12)18-7-10-8-21-13(19-10)9-5-6-9/h1-4,8-9,18H,5-7H2. The van der Waals surface area contributed by atoms with Gasteiger partial charge in [0.1, 0.15) is 0 Å². The number of benzene rings is 1. The third-order valence-electron chi connectivity index (χ3n) is 3.07. The maximum atomic E-state index is 12.3. The number of para-hydroxylation sites is 2. The number of ether oxygens (including phenoxy) is 1. The average Bonchev–Trinajstić information content (AvgIpc) is 3.16. The molecule has 2 aromatic rings. The average molecular weight is 314 g/mol. The lowest BCUT2D eigenvalue weighted by atomic mass is 10.3. The van der Waals surface area contributed by atoms with Gasteiger partial charge in [-0.3, -0.25) is 0 Å². The summed E-state index contributed by atoms with van der Waals surface area (Å²) in [6.07, 6.45) is -2.33. The summed E-state index contributed by atoms with van der Waals surface area (Å²) in [7, 11) is 0. The molecule has 0 saturated heterocycles. The van der Waals surface area contributed by atoms with Gasteiger partial charge in [0.2, 0.25) is 0 Å². The molecule has 1 aliphatic carbocycles. The number of hydrogen-bond donors (Lipinski definition) is 1. The second-order valence-electron chi connectivity index (χ2n) is 4.85. The Morgan fingerprint density at radius 1 is 1.29 bits per heavy atom. The molecule has 1 heterocycles. The van der Waals surface area contributed by atoms with Crippen LogP contribution in [0.25, 0.3) is 0 Å². The highest BCUT2D eigenvalue weighted by atomic mass is 32.1. The summed E-state index contributed by atoms with van der Waals surface area (Å²) in [5, 5.41) is 6.00. The third-order valence-corrected chi connectivity index (χ3v) is 4.12. The maximum absolute atomic E-state index is 12.3. The number of halogens is 3. The zero-order valence-electron chi connectivity index (χ0n) is 11.0. The van der Waals surface area contributed by atoms with Gasteiger partial charge < -0.3 is 10.1 Å². The predicted octanol–water partition coefficient (Wildman–Crippen LogP) is 4.53. The summed E-state index contributed by atoms with van der Waals surface area (Å²) in [6.45, 7) is 0.376. The Kier molecular flexibility index (Phi) is 3.75. The fourth-order valence-electron chi connectivity index (χ4n) is 1.93. The second kappa shape index (κ2) is 5.55. The van der Waals surface area contributed by atoms with Crippen molar-refractivity contribution in [3.8, 4) is 5.75 Å². The molecular weight excluding hydrogens is 301 g/mol. The van der Waals surface area contributed by atoms with Crippen molar-refractivity contribution in [1.82, 2.24) is 4.98 Å². The number of thiazole rings is 1. The molecule has 1 aromatic carbocycles. The molecule has 3 rings (SSSR count). The Morgan fingerprint density at radius 3 is 2.76 bits per heavy atom. The molecule has 0 aliphatic heterocycles. The lowest BCUT2D eigenvalue weighted by Gasteiger charge is -2.13. The van der Waals surface area contributed by atoms with Crippen LogP contribution in [0, 0.1) is 0 Å². The van der Waals surface area contributed by atoms with Gasteiger partial charge in [-0.2, -0.15) is 0 Å². The van der Waals surface area contributed by atoms with Gasteiger partial charge in [0.25, 0.3) is 0 Å². The van der Waals surface area contributed by atoms with Gasteiger partial charge in [-0.1, -0.05) is 12.1 Å². The number of nitrogens with zero attached hydrogens (tertiary/aromatic N) is 1. The number of anilines is 1. The first kappa shape index (κ1) is 14.2. The van der Waals surface area contributed by atoms with Crippen LogP contribution < -0.4 is 10.1 Å². The SMILES string of the molecule is FC(F)(F)Oc1ccccc1NCc1csc(C2CC2)n1. The molecule has 1 fully saturated rings. The highest BCUT2D eigenvalue weighted by molar-refractivity contribution is 7.09. The minimum absolute atomic E-state index is 0.234. The summed E-state index contributed by atoms with van der Waals surface area (Å²) < 4.78 is 41.0. The zero-order chi connectivity index (χ0) is 14.9. The van der Waals surface area contributed by atoms with E-state index >= 15 is 0 Å². The Bertz CT molecular complexity index is 623. The van der Waals surface area contributed by atoms with Gasteiger partial charge in [-0.05, 0) is 25.0 Å². The Morgan fingerprint density at radius 2 is 2.05 bits per heavy atom. The van der Waals surface area contributed by atoms with E-state index in [0.717, 1.165) is 10.7 Å². The lowest BCUT2D eigenvalue weighted by molar-refractivity contribution is -0.274. The van der Waals surface area contributed by atoms with Crippen LogP contribution in [0.5, 0.6) is 5.75 Å². The smallest absolute Gasteiger partial charge is 0.404 e. The summed E-state index contributed by atoms with van der Waals surface area (Å²) in [6, 6.07) is 5.99. The molecule has 7 heteroatoms. The predicted molar refractivity (Wildman–Crippen MR) is 74.5 cm³/mol. The minimum atomic E-state index is -4.70. The Balaban J connectivity index is 1.66. The number of hydrogen-bond acceptors (Lipinski definition) is 4. The number of alkyl halides is 3. The summed E-state index contributed by atoms with van der Waals surface area (Å²) in [5.41, 5.74) is 1.14. The molecule has 1 aliphatic rings. The van der Waals surface area contributed by atoms with Gasteiger partial charge in [-0.15, -0.1) is 24.5 Å². The topological polar surface area (TPSA) is 34.1 Å². The van der Waals surface area contributed by atoms with Crippen LogP contribution in [0.15, 0.2) is 29.6 Å². The molecule has 0 bridgehead atoms. The Hall–Kier alpha value is -1.76. The molecule has 1 saturated carbocycles.